The Bertz CT molecular complexity index is 928. The van der Waals surface area contributed by atoms with Crippen molar-refractivity contribution in [3.05, 3.63) is 64.6 Å². The zero-order valence-electron chi connectivity index (χ0n) is 17.6. The first-order valence-electron chi connectivity index (χ1n) is 9.96. The van der Waals surface area contributed by atoms with Crippen molar-refractivity contribution in [2.75, 3.05) is 10.7 Å². The predicted molar refractivity (Wildman–Crippen MR) is 120 cm³/mol. The molecule has 0 bridgehead atoms. The van der Waals surface area contributed by atoms with Crippen LogP contribution in [0.2, 0.25) is 0 Å². The molecule has 0 atom stereocenters. The Hall–Kier alpha value is -2.53. The average Bonchev–Trinajstić information content (AvgIpc) is 2.92. The van der Waals surface area contributed by atoms with Gasteiger partial charge in [0.2, 0.25) is 0 Å². The quantitative estimate of drug-likeness (QED) is 0.556. The van der Waals surface area contributed by atoms with E-state index in [4.69, 9.17) is 4.74 Å². The minimum atomic E-state index is -0.277. The van der Waals surface area contributed by atoms with Gasteiger partial charge in [-0.15, -0.1) is 11.8 Å². The van der Waals surface area contributed by atoms with Gasteiger partial charge >= 0.3 is 0 Å². The molecule has 0 radical (unpaired) electrons. The number of amides is 2. The number of carbonyl (C=O) groups is 2. The highest BCUT2D eigenvalue weighted by Gasteiger charge is 2.39. The van der Waals surface area contributed by atoms with E-state index in [0.29, 0.717) is 27.8 Å². The summed E-state index contributed by atoms with van der Waals surface area (Å²) in [5.41, 5.74) is 2.97. The number of benzene rings is 2. The van der Waals surface area contributed by atoms with Gasteiger partial charge in [-0.25, -0.2) is 4.90 Å². The average molecular weight is 410 g/mol. The third-order valence-corrected chi connectivity index (χ3v) is 5.62. The number of hydrogen-bond acceptors (Lipinski definition) is 4. The van der Waals surface area contributed by atoms with Crippen LogP contribution in [0.1, 0.15) is 51.7 Å². The van der Waals surface area contributed by atoms with Crippen LogP contribution in [0.15, 0.2) is 53.4 Å². The van der Waals surface area contributed by atoms with Crippen molar-refractivity contribution >= 4 is 34.8 Å². The molecule has 2 aromatic carbocycles. The highest BCUT2D eigenvalue weighted by Crippen LogP contribution is 2.39. The molecular weight excluding hydrogens is 382 g/mol. The molecule has 1 heterocycles. The fourth-order valence-electron chi connectivity index (χ4n) is 3.26. The normalized spacial score (nSPS) is 14.5. The fourth-order valence-corrected chi connectivity index (χ4v) is 4.11. The van der Waals surface area contributed by atoms with Gasteiger partial charge in [0.25, 0.3) is 11.8 Å². The Morgan fingerprint density at radius 3 is 2.03 bits per heavy atom. The van der Waals surface area contributed by atoms with Crippen molar-refractivity contribution in [2.24, 2.45) is 0 Å². The maximum atomic E-state index is 13.3. The van der Waals surface area contributed by atoms with Gasteiger partial charge in [0.05, 0.1) is 22.3 Å². The van der Waals surface area contributed by atoms with Gasteiger partial charge in [-0.1, -0.05) is 45.0 Å². The fraction of sp³-hybridized carbons (Fsp3) is 0.333. The monoisotopic (exact) mass is 409 g/mol. The minimum Gasteiger partial charge on any atom is -0.491 e. The standard InChI is InChI=1S/C24H27NO3S/c1-6-29-22-21(18-9-13-20(14-10-18)28-16(4)5)23(26)25(24(22)27)19-11-7-17(8-12-19)15(2)3/h7-16H,6H2,1-5H3. The molecule has 0 aromatic heterocycles. The predicted octanol–water partition coefficient (Wildman–Crippen LogP) is 5.63. The Morgan fingerprint density at radius 1 is 0.897 bits per heavy atom. The summed E-state index contributed by atoms with van der Waals surface area (Å²) in [5, 5.41) is 0. The second-order valence-electron chi connectivity index (χ2n) is 7.52. The first-order valence-corrected chi connectivity index (χ1v) is 10.9. The molecule has 0 spiro atoms. The molecule has 2 amide bonds. The topological polar surface area (TPSA) is 46.6 Å². The maximum absolute atomic E-state index is 13.3. The maximum Gasteiger partial charge on any atom is 0.272 e. The smallest absolute Gasteiger partial charge is 0.272 e. The number of nitrogens with zero attached hydrogens (tertiary/aromatic N) is 1. The molecule has 1 aliphatic heterocycles. The summed E-state index contributed by atoms with van der Waals surface area (Å²) >= 11 is 1.41. The van der Waals surface area contributed by atoms with Crippen molar-refractivity contribution in [1.82, 2.24) is 0 Å². The van der Waals surface area contributed by atoms with Crippen LogP contribution in [0.3, 0.4) is 0 Å². The molecule has 2 aromatic rings. The summed E-state index contributed by atoms with van der Waals surface area (Å²) in [4.78, 5) is 28.2. The molecule has 0 unspecified atom stereocenters. The lowest BCUT2D eigenvalue weighted by molar-refractivity contribution is -0.119. The van der Waals surface area contributed by atoms with E-state index in [1.165, 1.54) is 22.2 Å². The van der Waals surface area contributed by atoms with E-state index >= 15 is 0 Å². The van der Waals surface area contributed by atoms with Crippen molar-refractivity contribution in [2.45, 2.75) is 46.6 Å². The van der Waals surface area contributed by atoms with Gasteiger partial charge in [0.1, 0.15) is 5.75 Å². The molecule has 0 N–H and O–H groups in total. The molecule has 5 heteroatoms. The summed E-state index contributed by atoms with van der Waals surface area (Å²) in [6.45, 7) is 10.1. The van der Waals surface area contributed by atoms with Gasteiger partial charge in [0.15, 0.2) is 0 Å². The second-order valence-corrected chi connectivity index (χ2v) is 8.79. The SMILES string of the molecule is CCSC1=C(c2ccc(OC(C)C)cc2)C(=O)N(c2ccc(C(C)C)cc2)C1=O. The zero-order chi connectivity index (χ0) is 21.1. The summed E-state index contributed by atoms with van der Waals surface area (Å²) < 4.78 is 5.69. The Balaban J connectivity index is 1.96. The van der Waals surface area contributed by atoms with Gasteiger partial charge in [-0.3, -0.25) is 9.59 Å². The first-order chi connectivity index (χ1) is 13.8. The van der Waals surface area contributed by atoms with E-state index in [0.717, 1.165) is 11.3 Å². The third kappa shape index (κ3) is 4.40. The van der Waals surface area contributed by atoms with E-state index < -0.39 is 0 Å². The van der Waals surface area contributed by atoms with Crippen molar-refractivity contribution in [3.8, 4) is 5.75 Å². The molecule has 0 aliphatic carbocycles. The number of hydrogen-bond donors (Lipinski definition) is 0. The van der Waals surface area contributed by atoms with Crippen LogP contribution in [0.25, 0.3) is 5.57 Å². The van der Waals surface area contributed by atoms with Crippen LogP contribution in [0, 0.1) is 0 Å². The second kappa shape index (κ2) is 8.87. The molecule has 29 heavy (non-hydrogen) atoms. The van der Waals surface area contributed by atoms with Crippen LogP contribution in [-0.4, -0.2) is 23.7 Å². The van der Waals surface area contributed by atoms with E-state index in [9.17, 15) is 9.59 Å². The molecular formula is C24H27NO3S. The lowest BCUT2D eigenvalue weighted by atomic mass is 10.0. The number of carbonyl (C=O) groups excluding carboxylic acids is 2. The van der Waals surface area contributed by atoms with E-state index in [1.54, 1.807) is 0 Å². The van der Waals surface area contributed by atoms with Crippen LogP contribution in [0.5, 0.6) is 5.75 Å². The van der Waals surface area contributed by atoms with Gasteiger partial charge in [0, 0.05) is 0 Å². The van der Waals surface area contributed by atoms with Crippen LogP contribution < -0.4 is 9.64 Å². The highest BCUT2D eigenvalue weighted by molar-refractivity contribution is 8.04. The largest absolute Gasteiger partial charge is 0.491 e. The molecule has 3 rings (SSSR count). The summed E-state index contributed by atoms with van der Waals surface area (Å²) in [6, 6.07) is 15.0. The molecule has 0 saturated carbocycles. The third-order valence-electron chi connectivity index (χ3n) is 4.66. The number of ether oxygens (including phenoxy) is 1. The van der Waals surface area contributed by atoms with Gasteiger partial charge in [-0.05, 0) is 60.9 Å². The highest BCUT2D eigenvalue weighted by atomic mass is 32.2. The minimum absolute atomic E-state index is 0.0743. The van der Waals surface area contributed by atoms with Gasteiger partial charge < -0.3 is 4.74 Å². The number of imide groups is 1. The van der Waals surface area contributed by atoms with Crippen molar-refractivity contribution < 1.29 is 14.3 Å². The van der Waals surface area contributed by atoms with E-state index in [-0.39, 0.29) is 17.9 Å². The molecule has 0 fully saturated rings. The molecule has 0 saturated heterocycles. The summed E-state index contributed by atoms with van der Waals surface area (Å²) in [5.74, 6) is 1.32. The first kappa shape index (κ1) is 21.2. The lowest BCUT2D eigenvalue weighted by Crippen LogP contribution is -2.31. The summed E-state index contributed by atoms with van der Waals surface area (Å²) in [6.07, 6.45) is 0.0743. The molecule has 4 nitrogen and oxygen atoms in total. The van der Waals surface area contributed by atoms with Crippen LogP contribution in [0.4, 0.5) is 5.69 Å². The lowest BCUT2D eigenvalue weighted by Gasteiger charge is -2.16. The number of thioether (sulfide) groups is 1. The summed E-state index contributed by atoms with van der Waals surface area (Å²) in [7, 11) is 0. The number of rotatable bonds is 7. The Labute approximate surface area is 176 Å². The van der Waals surface area contributed by atoms with E-state index in [1.807, 2.05) is 69.3 Å². The Morgan fingerprint density at radius 2 is 1.52 bits per heavy atom. The zero-order valence-corrected chi connectivity index (χ0v) is 18.4. The molecule has 1 aliphatic rings. The number of anilines is 1. The van der Waals surface area contributed by atoms with Crippen molar-refractivity contribution in [1.29, 1.82) is 0 Å². The van der Waals surface area contributed by atoms with Gasteiger partial charge in [-0.2, -0.15) is 0 Å². The Kier molecular flexibility index (Phi) is 6.48. The van der Waals surface area contributed by atoms with E-state index in [2.05, 4.69) is 13.8 Å². The van der Waals surface area contributed by atoms with Crippen LogP contribution in [-0.2, 0) is 9.59 Å². The van der Waals surface area contributed by atoms with Crippen molar-refractivity contribution in [3.63, 3.8) is 0 Å². The van der Waals surface area contributed by atoms with Crippen LogP contribution >= 0.6 is 11.8 Å². The molecule has 152 valence electrons.